The Morgan fingerprint density at radius 1 is 1.27 bits per heavy atom. The zero-order chi connectivity index (χ0) is 10.5. The summed E-state index contributed by atoms with van der Waals surface area (Å²) < 4.78 is 0. The summed E-state index contributed by atoms with van der Waals surface area (Å²) in [6, 6.07) is 1.96. The maximum atomic E-state index is 4.08. The second-order valence-corrected chi connectivity index (χ2v) is 3.80. The number of fused-ring (bicyclic) bond motifs is 1. The number of hydrogen-bond acceptors (Lipinski definition) is 5. The molecule has 0 saturated carbocycles. The van der Waals surface area contributed by atoms with Crippen molar-refractivity contribution in [3.63, 3.8) is 0 Å². The van der Waals surface area contributed by atoms with Crippen molar-refractivity contribution in [2.45, 2.75) is 6.42 Å². The molecule has 0 amide bonds. The summed E-state index contributed by atoms with van der Waals surface area (Å²) in [6.07, 6.45) is 2.84. The van der Waals surface area contributed by atoms with Gasteiger partial charge in [0.05, 0.1) is 11.9 Å². The summed E-state index contributed by atoms with van der Waals surface area (Å²) in [6.45, 7) is 4.06. The van der Waals surface area contributed by atoms with Crippen molar-refractivity contribution >= 4 is 11.5 Å². The van der Waals surface area contributed by atoms with E-state index in [2.05, 4.69) is 32.8 Å². The minimum absolute atomic E-state index is 0.863. The first-order valence-corrected chi connectivity index (χ1v) is 5.34. The fourth-order valence-electron chi connectivity index (χ4n) is 1.65. The van der Waals surface area contributed by atoms with Crippen molar-refractivity contribution in [1.29, 1.82) is 0 Å². The summed E-state index contributed by atoms with van der Waals surface area (Å²) in [7, 11) is 2.15. The Bertz CT molecular complexity index is 314. The summed E-state index contributed by atoms with van der Waals surface area (Å²) >= 11 is 0. The van der Waals surface area contributed by atoms with Gasteiger partial charge >= 0.3 is 0 Å². The van der Waals surface area contributed by atoms with E-state index >= 15 is 0 Å². The zero-order valence-corrected chi connectivity index (χ0v) is 9.03. The van der Waals surface area contributed by atoms with Gasteiger partial charge in [-0.2, -0.15) is 5.10 Å². The molecule has 82 valence electrons. The third-order valence-corrected chi connectivity index (χ3v) is 2.54. The Hall–Kier alpha value is -1.36. The van der Waals surface area contributed by atoms with Crippen molar-refractivity contribution in [3.8, 4) is 0 Å². The average Bonchev–Trinajstić information content (AvgIpc) is 2.26. The van der Waals surface area contributed by atoms with Crippen molar-refractivity contribution < 1.29 is 0 Å². The smallest absolute Gasteiger partial charge is 0.172 e. The molecule has 0 aromatic carbocycles. The van der Waals surface area contributed by atoms with Gasteiger partial charge in [-0.3, -0.25) is 0 Å². The average molecular weight is 207 g/mol. The normalized spacial score (nSPS) is 18.5. The Morgan fingerprint density at radius 2 is 2.20 bits per heavy atom. The van der Waals surface area contributed by atoms with Gasteiger partial charge in [-0.25, -0.2) is 0 Å². The van der Waals surface area contributed by atoms with Crippen LogP contribution in [0, 0.1) is 0 Å². The van der Waals surface area contributed by atoms with Gasteiger partial charge in [0.15, 0.2) is 5.82 Å². The van der Waals surface area contributed by atoms with E-state index in [1.807, 2.05) is 6.07 Å². The topological polar surface area (TPSA) is 53.1 Å². The van der Waals surface area contributed by atoms with Crippen molar-refractivity contribution in [2.75, 3.05) is 43.9 Å². The second-order valence-electron chi connectivity index (χ2n) is 3.80. The lowest BCUT2D eigenvalue weighted by Gasteiger charge is -2.20. The van der Waals surface area contributed by atoms with Crippen molar-refractivity contribution in [1.82, 2.24) is 15.1 Å². The number of nitrogens with zero attached hydrogens (tertiary/aromatic N) is 3. The van der Waals surface area contributed by atoms with Gasteiger partial charge in [-0.05, 0) is 26.1 Å². The third-order valence-electron chi connectivity index (χ3n) is 2.54. The van der Waals surface area contributed by atoms with Crippen molar-refractivity contribution in [2.24, 2.45) is 0 Å². The first kappa shape index (κ1) is 10.2. The predicted molar refractivity (Wildman–Crippen MR) is 61.1 cm³/mol. The quantitative estimate of drug-likeness (QED) is 0.653. The van der Waals surface area contributed by atoms with E-state index < -0.39 is 0 Å². The van der Waals surface area contributed by atoms with Gasteiger partial charge in [-0.15, -0.1) is 5.10 Å². The van der Waals surface area contributed by atoms with Crippen LogP contribution < -0.4 is 10.6 Å². The highest BCUT2D eigenvalue weighted by Gasteiger charge is 2.06. The van der Waals surface area contributed by atoms with Gasteiger partial charge in [0, 0.05) is 19.6 Å². The Kier molecular flexibility index (Phi) is 3.34. The molecule has 1 aliphatic rings. The first-order valence-electron chi connectivity index (χ1n) is 5.34. The minimum atomic E-state index is 0.863. The lowest BCUT2D eigenvalue weighted by Crippen LogP contribution is -2.28. The van der Waals surface area contributed by atoms with Crippen LogP contribution >= 0.6 is 0 Å². The van der Waals surface area contributed by atoms with E-state index in [1.165, 1.54) is 0 Å². The molecule has 0 aliphatic carbocycles. The number of aromatic nitrogens is 2. The van der Waals surface area contributed by atoms with Crippen LogP contribution in [-0.4, -0.2) is 48.3 Å². The van der Waals surface area contributed by atoms with Crippen LogP contribution in [0.5, 0.6) is 0 Å². The van der Waals surface area contributed by atoms with E-state index in [0.29, 0.717) is 0 Å². The Morgan fingerprint density at radius 3 is 3.13 bits per heavy atom. The molecule has 2 N–H and O–H groups in total. The largest absolute Gasteiger partial charge is 0.381 e. The number of anilines is 2. The van der Waals surface area contributed by atoms with Crippen LogP contribution in [-0.2, 0) is 0 Å². The molecule has 15 heavy (non-hydrogen) atoms. The molecule has 0 fully saturated rings. The fraction of sp³-hybridized carbons (Fsp3) is 0.600. The molecule has 5 nitrogen and oxygen atoms in total. The maximum Gasteiger partial charge on any atom is 0.172 e. The van der Waals surface area contributed by atoms with E-state index in [9.17, 15) is 0 Å². The summed E-state index contributed by atoms with van der Waals surface area (Å²) in [5, 5.41) is 14.6. The molecule has 2 heterocycles. The molecule has 1 aliphatic heterocycles. The highest BCUT2D eigenvalue weighted by molar-refractivity contribution is 5.63. The Labute approximate surface area is 89.9 Å². The van der Waals surface area contributed by atoms with E-state index in [-0.39, 0.29) is 0 Å². The summed E-state index contributed by atoms with van der Waals surface area (Å²) in [5.74, 6) is 0.863. The molecule has 2 rings (SSSR count). The number of likely N-dealkylation sites (N-methyl/N-ethyl adjacent to an activating group) is 1. The molecule has 1 aromatic rings. The molecule has 0 atom stereocenters. The summed E-state index contributed by atoms with van der Waals surface area (Å²) in [4.78, 5) is 2.33. The standard InChI is InChI=1S/C10H17N5/c1-15-7-2-4-12-10-9(11-6-8-15)3-5-13-14-10/h3,5,11H,2,4,6-8H2,1H3,(H,12,14). The molecule has 5 heteroatoms. The van der Waals surface area contributed by atoms with Crippen LogP contribution in [0.25, 0.3) is 0 Å². The molecule has 0 radical (unpaired) electrons. The van der Waals surface area contributed by atoms with E-state index in [1.54, 1.807) is 6.20 Å². The van der Waals surface area contributed by atoms with Gasteiger partial charge in [0.1, 0.15) is 0 Å². The minimum Gasteiger partial charge on any atom is -0.381 e. The van der Waals surface area contributed by atoms with Gasteiger partial charge in [0.25, 0.3) is 0 Å². The maximum absolute atomic E-state index is 4.08. The Balaban J connectivity index is 2.08. The molecule has 0 spiro atoms. The van der Waals surface area contributed by atoms with Gasteiger partial charge in [0.2, 0.25) is 0 Å². The molecular formula is C10H17N5. The summed E-state index contributed by atoms with van der Waals surface area (Å²) in [5.41, 5.74) is 1.04. The number of hydrogen-bond donors (Lipinski definition) is 2. The van der Waals surface area contributed by atoms with Gasteiger partial charge < -0.3 is 15.5 Å². The van der Waals surface area contributed by atoms with Crippen LogP contribution in [0.3, 0.4) is 0 Å². The zero-order valence-electron chi connectivity index (χ0n) is 9.03. The molecule has 0 bridgehead atoms. The van der Waals surface area contributed by atoms with Crippen LogP contribution in [0.2, 0.25) is 0 Å². The third kappa shape index (κ3) is 2.79. The van der Waals surface area contributed by atoms with Crippen LogP contribution in [0.4, 0.5) is 11.5 Å². The molecular weight excluding hydrogens is 190 g/mol. The SMILES string of the molecule is CN1CCCNc2nnccc2NCC1. The van der Waals surface area contributed by atoms with Crippen molar-refractivity contribution in [3.05, 3.63) is 12.3 Å². The highest BCUT2D eigenvalue weighted by atomic mass is 15.2. The number of rotatable bonds is 0. The second kappa shape index (κ2) is 4.93. The monoisotopic (exact) mass is 207 g/mol. The molecule has 0 unspecified atom stereocenters. The lowest BCUT2D eigenvalue weighted by atomic mass is 10.3. The first-order chi connectivity index (χ1) is 7.36. The van der Waals surface area contributed by atoms with Crippen LogP contribution in [0.15, 0.2) is 12.3 Å². The number of nitrogens with one attached hydrogen (secondary N) is 2. The molecule has 1 aromatic heterocycles. The van der Waals surface area contributed by atoms with Crippen LogP contribution in [0.1, 0.15) is 6.42 Å². The van der Waals surface area contributed by atoms with E-state index in [0.717, 1.165) is 44.1 Å². The molecule has 0 saturated heterocycles. The lowest BCUT2D eigenvalue weighted by molar-refractivity contribution is 0.345. The van der Waals surface area contributed by atoms with E-state index in [4.69, 9.17) is 0 Å². The van der Waals surface area contributed by atoms with Gasteiger partial charge in [-0.1, -0.05) is 0 Å². The predicted octanol–water partition coefficient (Wildman–Crippen LogP) is 0.636. The fourth-order valence-corrected chi connectivity index (χ4v) is 1.65. The highest BCUT2D eigenvalue weighted by Crippen LogP contribution is 2.16.